The lowest BCUT2D eigenvalue weighted by Crippen LogP contribution is -2.08. The van der Waals surface area contributed by atoms with Gasteiger partial charge in [-0.25, -0.2) is 0 Å². The third kappa shape index (κ3) is 9.37. The van der Waals surface area contributed by atoms with E-state index in [1.807, 2.05) is 6.08 Å². The van der Waals surface area contributed by atoms with Crippen molar-refractivity contribution in [1.29, 1.82) is 0 Å². The maximum Gasteiger partial charge on any atom is 0.0583 e. The summed E-state index contributed by atoms with van der Waals surface area (Å²) in [6, 6.07) is 59.2. The zero-order chi connectivity index (χ0) is 47.8. The number of hydrogen-bond acceptors (Lipinski definition) is 1. The fourth-order valence-electron chi connectivity index (χ4n) is 10.1. The number of hydrogen-bond donors (Lipinski definition) is 1. The van der Waals surface area contributed by atoms with Gasteiger partial charge in [0.2, 0.25) is 0 Å². The summed E-state index contributed by atoms with van der Waals surface area (Å²) >= 11 is 0. The zero-order valence-corrected chi connectivity index (χ0v) is 40.2. The molecule has 1 aromatic heterocycles. The smallest absolute Gasteiger partial charge is 0.0583 e. The van der Waals surface area contributed by atoms with E-state index >= 15 is 0 Å². The highest BCUT2D eigenvalue weighted by Gasteiger charge is 2.25. The number of rotatable bonds is 14. The number of nitrogens with one attached hydrogen (secondary N) is 1. The Morgan fingerprint density at radius 3 is 2.11 bits per heavy atom. The summed E-state index contributed by atoms with van der Waals surface area (Å²) in [6.45, 7) is 13.2. The number of anilines is 2. The van der Waals surface area contributed by atoms with Crippen LogP contribution in [-0.2, 0) is 0 Å². The molecular formula is C68H58N2. The first-order chi connectivity index (χ1) is 34.5. The summed E-state index contributed by atoms with van der Waals surface area (Å²) in [5.41, 5.74) is 20.5. The van der Waals surface area contributed by atoms with Gasteiger partial charge in [0, 0.05) is 38.8 Å². The van der Waals surface area contributed by atoms with Gasteiger partial charge < -0.3 is 9.88 Å². The van der Waals surface area contributed by atoms with Gasteiger partial charge in [-0.15, -0.1) is 0 Å². The molecule has 1 atom stereocenters. The molecule has 2 aliphatic rings. The molecule has 8 aromatic rings. The van der Waals surface area contributed by atoms with Crippen LogP contribution in [0.2, 0.25) is 0 Å². The van der Waals surface area contributed by atoms with Crippen LogP contribution in [0.5, 0.6) is 0 Å². The Morgan fingerprint density at radius 1 is 0.643 bits per heavy atom. The molecule has 70 heavy (non-hydrogen) atoms. The Morgan fingerprint density at radius 2 is 1.39 bits per heavy atom. The molecule has 10 rings (SSSR count). The molecule has 2 heteroatoms. The Kier molecular flexibility index (Phi) is 13.5. The minimum atomic E-state index is 0.0942. The van der Waals surface area contributed by atoms with E-state index < -0.39 is 0 Å². The van der Waals surface area contributed by atoms with Crippen LogP contribution in [0.4, 0.5) is 11.4 Å². The van der Waals surface area contributed by atoms with Gasteiger partial charge in [-0.1, -0.05) is 226 Å². The summed E-state index contributed by atoms with van der Waals surface area (Å²) in [5.74, 6) is 0. The monoisotopic (exact) mass is 902 g/mol. The predicted molar refractivity (Wildman–Crippen MR) is 304 cm³/mol. The lowest BCUT2D eigenvalue weighted by Gasteiger charge is -2.22. The van der Waals surface area contributed by atoms with Crippen molar-refractivity contribution in [2.75, 3.05) is 5.32 Å². The van der Waals surface area contributed by atoms with Crippen LogP contribution in [0.25, 0.3) is 71.9 Å². The average molecular weight is 903 g/mol. The van der Waals surface area contributed by atoms with Crippen molar-refractivity contribution in [1.82, 2.24) is 4.57 Å². The quantitative estimate of drug-likeness (QED) is 0.108. The van der Waals surface area contributed by atoms with E-state index in [2.05, 4.69) is 274 Å². The molecule has 0 fully saturated rings. The molecule has 1 unspecified atom stereocenters. The van der Waals surface area contributed by atoms with Gasteiger partial charge in [-0.3, -0.25) is 0 Å². The van der Waals surface area contributed by atoms with Crippen molar-refractivity contribution in [3.63, 3.8) is 0 Å². The normalized spacial score (nSPS) is 15.2. The molecule has 0 amide bonds. The largest absolute Gasteiger partial charge is 0.355 e. The number of para-hydroxylation sites is 1. The molecule has 0 saturated carbocycles. The highest BCUT2D eigenvalue weighted by Crippen LogP contribution is 2.47. The van der Waals surface area contributed by atoms with Crippen molar-refractivity contribution in [2.45, 2.75) is 39.2 Å². The van der Waals surface area contributed by atoms with Crippen molar-refractivity contribution in [2.24, 2.45) is 0 Å². The first-order valence-electron chi connectivity index (χ1n) is 24.5. The van der Waals surface area contributed by atoms with Crippen LogP contribution in [0.3, 0.4) is 0 Å². The predicted octanol–water partition coefficient (Wildman–Crippen LogP) is 19.1. The van der Waals surface area contributed by atoms with Crippen LogP contribution in [-0.4, -0.2) is 4.57 Å². The van der Waals surface area contributed by atoms with Gasteiger partial charge in [-0.2, -0.15) is 0 Å². The van der Waals surface area contributed by atoms with Crippen LogP contribution in [0, 0.1) is 0 Å². The second-order valence-corrected chi connectivity index (χ2v) is 18.1. The van der Waals surface area contributed by atoms with Crippen LogP contribution in [0.1, 0.15) is 55.8 Å². The van der Waals surface area contributed by atoms with Crippen LogP contribution < -0.4 is 5.32 Å². The molecule has 0 spiro atoms. The fraction of sp³-hybridized carbons (Fsp3) is 0.0882. The summed E-state index contributed by atoms with van der Waals surface area (Å²) in [4.78, 5) is 0. The maximum absolute atomic E-state index is 4.56. The summed E-state index contributed by atoms with van der Waals surface area (Å²) in [5, 5.41) is 6.35. The number of nitrogens with zero attached hydrogens (tertiary/aromatic N) is 1. The molecule has 0 radical (unpaired) electrons. The molecule has 0 bridgehead atoms. The van der Waals surface area contributed by atoms with Crippen molar-refractivity contribution >= 4 is 49.9 Å². The van der Waals surface area contributed by atoms with E-state index in [1.54, 1.807) is 0 Å². The van der Waals surface area contributed by atoms with E-state index in [-0.39, 0.29) is 6.04 Å². The topological polar surface area (TPSA) is 17.0 Å². The first-order valence-corrected chi connectivity index (χ1v) is 24.5. The number of allylic oxidation sites excluding steroid dienone is 18. The first kappa shape index (κ1) is 45.3. The van der Waals surface area contributed by atoms with Crippen LogP contribution in [0.15, 0.2) is 267 Å². The summed E-state index contributed by atoms with van der Waals surface area (Å²) in [7, 11) is 0. The Hall–Kier alpha value is -8.46. The molecule has 7 aromatic carbocycles. The van der Waals surface area contributed by atoms with Crippen molar-refractivity contribution in [3.05, 3.63) is 284 Å². The second-order valence-electron chi connectivity index (χ2n) is 18.1. The Bertz CT molecular complexity index is 3510. The number of fused-ring (bicyclic) bond motifs is 3. The number of aromatic nitrogens is 1. The molecule has 2 nitrogen and oxygen atoms in total. The van der Waals surface area contributed by atoms with E-state index in [1.165, 1.54) is 55.2 Å². The number of benzene rings is 7. The molecule has 1 N–H and O–H groups in total. The van der Waals surface area contributed by atoms with E-state index in [4.69, 9.17) is 0 Å². The minimum Gasteiger partial charge on any atom is -0.355 e. The third-order valence-corrected chi connectivity index (χ3v) is 13.5. The second kappa shape index (κ2) is 20.8. The molecule has 1 heterocycles. The SMILES string of the molecule is C=C/C(=C\C=C/C)c1ccc(-c2ccccc2)c2c1c1cccc(-c3ccc(Nc4cccc(-c5ccccc5)c4)c(/C(C)=C/C(=C\C(=C)c4ccccc4)C4=CCCC=C4)c3)c1n2C1C=CC=CC1. The van der Waals surface area contributed by atoms with E-state index in [0.717, 1.165) is 75.2 Å². The van der Waals surface area contributed by atoms with Gasteiger partial charge >= 0.3 is 0 Å². The van der Waals surface area contributed by atoms with Gasteiger partial charge in [0.15, 0.2) is 0 Å². The third-order valence-electron chi connectivity index (χ3n) is 13.5. The average Bonchev–Trinajstić information content (AvgIpc) is 3.78. The lowest BCUT2D eigenvalue weighted by atomic mass is 9.91. The zero-order valence-electron chi connectivity index (χ0n) is 40.2. The minimum absolute atomic E-state index is 0.0942. The van der Waals surface area contributed by atoms with E-state index in [9.17, 15) is 0 Å². The molecular weight excluding hydrogens is 845 g/mol. The highest BCUT2D eigenvalue weighted by molar-refractivity contribution is 6.20. The molecule has 340 valence electrons. The molecule has 0 saturated heterocycles. The Balaban J connectivity index is 1.22. The van der Waals surface area contributed by atoms with Gasteiger partial charge in [0.05, 0.1) is 17.1 Å². The van der Waals surface area contributed by atoms with Gasteiger partial charge in [-0.05, 0) is 125 Å². The lowest BCUT2D eigenvalue weighted by molar-refractivity contribution is 0.648. The highest BCUT2D eigenvalue weighted by atomic mass is 15.0. The van der Waals surface area contributed by atoms with Crippen molar-refractivity contribution < 1.29 is 0 Å². The molecule has 0 aliphatic heterocycles. The van der Waals surface area contributed by atoms with Crippen LogP contribution >= 0.6 is 0 Å². The van der Waals surface area contributed by atoms with Crippen molar-refractivity contribution in [3.8, 4) is 33.4 Å². The van der Waals surface area contributed by atoms with E-state index in [0.29, 0.717) is 0 Å². The maximum atomic E-state index is 4.56. The standard InChI is InChI=1S/C68H58N2/c1-5-7-25-50(6-2)60-41-42-62(54-32-19-11-20-33-54)68-66(60)63-39-24-38-61(67(63)70(68)59-36-21-12-22-37-59)56-40-43-65(69-58-35-23-34-55(46-58)52-28-15-9-16-29-52)64(47-56)49(4)45-57(53-30-17-10-18-31-53)44-48(3)51-26-13-8-14-27-51/h5-9,11-17,19-36,38-47,59,69H,2-3,10,18,37H2,1,4H3/b7-5-,49-45+,50-25+,57-44+. The van der Waals surface area contributed by atoms with Gasteiger partial charge in [0.25, 0.3) is 0 Å². The van der Waals surface area contributed by atoms with Gasteiger partial charge in [0.1, 0.15) is 0 Å². The fourth-order valence-corrected chi connectivity index (χ4v) is 10.1. The Labute approximate surface area is 414 Å². The molecule has 2 aliphatic carbocycles. The summed E-state index contributed by atoms with van der Waals surface area (Å²) < 4.78 is 2.63. The summed E-state index contributed by atoms with van der Waals surface area (Å²) in [6.07, 6.45) is 31.8.